The van der Waals surface area contributed by atoms with E-state index in [1.165, 1.54) is 12.1 Å². The lowest BCUT2D eigenvalue weighted by atomic mass is 10.00. The molecule has 1 fully saturated rings. The van der Waals surface area contributed by atoms with Gasteiger partial charge in [0.2, 0.25) is 0 Å². The maximum absolute atomic E-state index is 13.8. The van der Waals surface area contributed by atoms with Crippen molar-refractivity contribution in [1.82, 2.24) is 0 Å². The molecule has 0 aromatic heterocycles. The van der Waals surface area contributed by atoms with Gasteiger partial charge in [0.15, 0.2) is 9.84 Å². The number of aryl methyl sites for hydroxylation is 1. The van der Waals surface area contributed by atoms with Crippen LogP contribution in [0.15, 0.2) is 53.4 Å². The number of ether oxygens (including phenoxy) is 1. The fraction of sp³-hybridized carbons (Fsp3) is 0.350. The van der Waals surface area contributed by atoms with Crippen molar-refractivity contribution in [3.05, 3.63) is 65.5 Å². The van der Waals surface area contributed by atoms with Gasteiger partial charge in [0.25, 0.3) is 0 Å². The first-order valence-corrected chi connectivity index (χ1v) is 10.6. The topological polar surface area (TPSA) is 69.4 Å². The highest BCUT2D eigenvalue weighted by Crippen LogP contribution is 2.64. The van der Waals surface area contributed by atoms with Gasteiger partial charge in [-0.1, -0.05) is 42.0 Å². The Morgan fingerprint density at radius 3 is 2.48 bits per heavy atom. The molecule has 0 radical (unpaired) electrons. The maximum atomic E-state index is 13.8. The van der Waals surface area contributed by atoms with E-state index >= 15 is 0 Å². The standard InChI is InChI=1S/C20H22FNO3S2/c1-3-25-12-20(19(22)26)17(14-5-4-6-15(21)11-14)18(20)27(23,24)16-9-7-13(2)8-10-16/h4-11,17-18H,3,12H2,1-2H3,(H2,22,26)/t17-,18-,20+/m0/s1. The SMILES string of the molecule is CCOC[C@@]1(C(N)=S)[C@@H](c2cccc(F)c2)[C@@H]1S(=O)(=O)c1ccc(C)cc1. The Morgan fingerprint density at radius 1 is 1.26 bits per heavy atom. The van der Waals surface area contributed by atoms with E-state index in [-0.39, 0.29) is 16.5 Å². The number of hydrogen-bond donors (Lipinski definition) is 1. The molecule has 1 aliphatic carbocycles. The third-order valence-electron chi connectivity index (χ3n) is 5.15. The van der Waals surface area contributed by atoms with Crippen LogP contribution < -0.4 is 5.73 Å². The molecule has 3 rings (SSSR count). The number of sulfone groups is 1. The predicted molar refractivity (Wildman–Crippen MR) is 107 cm³/mol. The summed E-state index contributed by atoms with van der Waals surface area (Å²) in [7, 11) is -3.75. The van der Waals surface area contributed by atoms with Gasteiger partial charge >= 0.3 is 0 Å². The van der Waals surface area contributed by atoms with Crippen LogP contribution in [0.1, 0.15) is 24.0 Å². The van der Waals surface area contributed by atoms with E-state index < -0.39 is 32.2 Å². The van der Waals surface area contributed by atoms with Gasteiger partial charge in [0, 0.05) is 12.5 Å². The number of nitrogens with two attached hydrogens (primary N) is 1. The molecular weight excluding hydrogens is 385 g/mol. The van der Waals surface area contributed by atoms with Gasteiger partial charge < -0.3 is 10.5 Å². The molecule has 0 bridgehead atoms. The molecule has 0 saturated heterocycles. The van der Waals surface area contributed by atoms with Crippen LogP contribution in [0.5, 0.6) is 0 Å². The van der Waals surface area contributed by atoms with Crippen molar-refractivity contribution in [1.29, 1.82) is 0 Å². The van der Waals surface area contributed by atoms with E-state index in [2.05, 4.69) is 0 Å². The molecule has 0 spiro atoms. The second kappa shape index (κ2) is 7.30. The van der Waals surface area contributed by atoms with Crippen molar-refractivity contribution in [3.8, 4) is 0 Å². The second-order valence-corrected chi connectivity index (χ2v) is 9.36. The summed E-state index contributed by atoms with van der Waals surface area (Å²) in [5.41, 5.74) is 6.49. The molecule has 3 atom stereocenters. The first kappa shape index (κ1) is 19.9. The minimum Gasteiger partial charge on any atom is -0.393 e. The van der Waals surface area contributed by atoms with Gasteiger partial charge in [-0.2, -0.15) is 0 Å². The van der Waals surface area contributed by atoms with E-state index in [1.54, 1.807) is 36.4 Å². The Morgan fingerprint density at radius 2 is 1.93 bits per heavy atom. The Balaban J connectivity index is 2.12. The van der Waals surface area contributed by atoms with Crippen molar-refractivity contribution in [3.63, 3.8) is 0 Å². The highest BCUT2D eigenvalue weighted by molar-refractivity contribution is 7.92. The second-order valence-electron chi connectivity index (χ2n) is 6.85. The maximum Gasteiger partial charge on any atom is 0.182 e. The van der Waals surface area contributed by atoms with E-state index in [0.29, 0.717) is 12.2 Å². The molecule has 0 heterocycles. The Kier molecular flexibility index (Phi) is 5.38. The molecule has 4 nitrogen and oxygen atoms in total. The summed E-state index contributed by atoms with van der Waals surface area (Å²) in [6.45, 7) is 4.18. The highest BCUT2D eigenvalue weighted by Gasteiger charge is 2.73. The summed E-state index contributed by atoms with van der Waals surface area (Å²) in [5.74, 6) is -0.984. The fourth-order valence-electron chi connectivity index (χ4n) is 3.72. The number of thiocarbonyl (C=S) groups is 1. The quantitative estimate of drug-likeness (QED) is 0.713. The number of rotatable bonds is 7. The van der Waals surface area contributed by atoms with E-state index in [1.807, 2.05) is 13.8 Å². The summed E-state index contributed by atoms with van der Waals surface area (Å²) in [4.78, 5) is 0.278. The smallest absolute Gasteiger partial charge is 0.182 e. The van der Waals surface area contributed by atoms with Crippen molar-refractivity contribution in [2.75, 3.05) is 13.2 Å². The van der Waals surface area contributed by atoms with Crippen LogP contribution in [-0.4, -0.2) is 31.9 Å². The minimum absolute atomic E-state index is 0.0749. The zero-order chi connectivity index (χ0) is 19.8. The molecule has 2 aromatic carbocycles. The normalized spacial score (nSPS) is 24.6. The van der Waals surface area contributed by atoms with Crippen molar-refractivity contribution in [2.24, 2.45) is 11.1 Å². The molecule has 27 heavy (non-hydrogen) atoms. The van der Waals surface area contributed by atoms with Gasteiger partial charge in [0.1, 0.15) is 5.82 Å². The van der Waals surface area contributed by atoms with Gasteiger partial charge in [-0.3, -0.25) is 0 Å². The lowest BCUT2D eigenvalue weighted by Gasteiger charge is -2.17. The Bertz CT molecular complexity index is 959. The van der Waals surface area contributed by atoms with Crippen molar-refractivity contribution < 1.29 is 17.5 Å². The van der Waals surface area contributed by atoms with E-state index in [0.717, 1.165) is 5.56 Å². The van der Waals surface area contributed by atoms with Crippen LogP contribution in [0.3, 0.4) is 0 Å². The molecule has 0 amide bonds. The summed E-state index contributed by atoms with van der Waals surface area (Å²) < 4.78 is 46.2. The summed E-state index contributed by atoms with van der Waals surface area (Å²) in [6, 6.07) is 12.6. The van der Waals surface area contributed by atoms with Gasteiger partial charge in [-0.05, 0) is 43.7 Å². The first-order valence-electron chi connectivity index (χ1n) is 8.69. The van der Waals surface area contributed by atoms with Gasteiger partial charge in [-0.15, -0.1) is 0 Å². The molecule has 2 N–H and O–H groups in total. The third kappa shape index (κ3) is 3.39. The largest absolute Gasteiger partial charge is 0.393 e. The lowest BCUT2D eigenvalue weighted by molar-refractivity contribution is 0.121. The summed E-state index contributed by atoms with van der Waals surface area (Å²) in [5, 5.41) is -0.890. The van der Waals surface area contributed by atoms with Crippen LogP contribution in [0.25, 0.3) is 0 Å². The molecule has 1 saturated carbocycles. The molecule has 0 unspecified atom stereocenters. The molecule has 144 valence electrons. The predicted octanol–water partition coefficient (Wildman–Crippen LogP) is 3.38. The molecule has 7 heteroatoms. The first-order chi connectivity index (χ1) is 12.7. The zero-order valence-electron chi connectivity index (χ0n) is 15.2. The minimum atomic E-state index is -3.75. The third-order valence-corrected chi connectivity index (χ3v) is 7.82. The number of benzene rings is 2. The molecule has 0 aliphatic heterocycles. The molecular formula is C20H22FNO3S2. The van der Waals surface area contributed by atoms with Crippen molar-refractivity contribution >= 4 is 27.0 Å². The van der Waals surface area contributed by atoms with Crippen LogP contribution >= 0.6 is 12.2 Å². The summed E-state index contributed by atoms with van der Waals surface area (Å²) in [6.07, 6.45) is 0. The monoisotopic (exact) mass is 407 g/mol. The van der Waals surface area contributed by atoms with Crippen LogP contribution in [0, 0.1) is 18.2 Å². The average Bonchev–Trinajstić information content (AvgIpc) is 3.32. The van der Waals surface area contributed by atoms with Crippen LogP contribution in [-0.2, 0) is 14.6 Å². The highest BCUT2D eigenvalue weighted by atomic mass is 32.2. The summed E-state index contributed by atoms with van der Waals surface area (Å²) >= 11 is 5.27. The molecule has 2 aromatic rings. The molecule has 1 aliphatic rings. The Labute approximate surface area is 164 Å². The van der Waals surface area contributed by atoms with Crippen LogP contribution in [0.2, 0.25) is 0 Å². The van der Waals surface area contributed by atoms with E-state index in [4.69, 9.17) is 22.7 Å². The Hall–Kier alpha value is -1.83. The van der Waals surface area contributed by atoms with Gasteiger partial charge in [-0.25, -0.2) is 12.8 Å². The number of hydrogen-bond acceptors (Lipinski definition) is 4. The van der Waals surface area contributed by atoms with Crippen LogP contribution in [0.4, 0.5) is 4.39 Å². The number of halogens is 1. The fourth-order valence-corrected chi connectivity index (χ4v) is 6.49. The van der Waals surface area contributed by atoms with Gasteiger partial charge in [0.05, 0.1) is 27.2 Å². The lowest BCUT2D eigenvalue weighted by Crippen LogP contribution is -2.33. The zero-order valence-corrected chi connectivity index (χ0v) is 16.8. The van der Waals surface area contributed by atoms with E-state index in [9.17, 15) is 12.8 Å². The van der Waals surface area contributed by atoms with Crippen molar-refractivity contribution in [2.45, 2.75) is 29.9 Å². The average molecular weight is 408 g/mol.